The number of hydrogen-bond acceptors (Lipinski definition) is 3. The van der Waals surface area contributed by atoms with Crippen LogP contribution in [0, 0.1) is 0 Å². The Morgan fingerprint density at radius 3 is 2.46 bits per heavy atom. The van der Waals surface area contributed by atoms with Gasteiger partial charge in [-0.15, -0.1) is 0 Å². The molecule has 0 rings (SSSR count). The SMILES string of the molecule is CCCC(C)OC(=O)CCC(=O)O. The molecule has 13 heavy (non-hydrogen) atoms. The smallest absolute Gasteiger partial charge is 0.306 e. The molecule has 1 unspecified atom stereocenters. The van der Waals surface area contributed by atoms with Gasteiger partial charge in [-0.25, -0.2) is 0 Å². The van der Waals surface area contributed by atoms with Gasteiger partial charge in [-0.3, -0.25) is 9.59 Å². The fraction of sp³-hybridized carbons (Fsp3) is 0.778. The quantitative estimate of drug-likeness (QED) is 0.643. The van der Waals surface area contributed by atoms with Crippen LogP contribution in [-0.4, -0.2) is 23.1 Å². The first-order valence-corrected chi connectivity index (χ1v) is 4.47. The van der Waals surface area contributed by atoms with E-state index in [0.717, 1.165) is 12.8 Å². The number of carboxylic acid groups (broad SMARTS) is 1. The third kappa shape index (κ3) is 7.31. The molecule has 0 aliphatic rings. The number of carbonyl (C=O) groups excluding carboxylic acids is 1. The number of rotatable bonds is 6. The summed E-state index contributed by atoms with van der Waals surface area (Å²) >= 11 is 0. The second-order valence-electron chi connectivity index (χ2n) is 2.98. The first-order chi connectivity index (χ1) is 6.06. The normalized spacial score (nSPS) is 12.2. The monoisotopic (exact) mass is 188 g/mol. The van der Waals surface area contributed by atoms with Crippen molar-refractivity contribution in [3.63, 3.8) is 0 Å². The lowest BCUT2D eigenvalue weighted by Crippen LogP contribution is -2.15. The summed E-state index contributed by atoms with van der Waals surface area (Å²) in [4.78, 5) is 21.1. The molecule has 0 bridgehead atoms. The first kappa shape index (κ1) is 11.9. The highest BCUT2D eigenvalue weighted by atomic mass is 16.5. The molecule has 4 nitrogen and oxygen atoms in total. The molecule has 0 heterocycles. The summed E-state index contributed by atoms with van der Waals surface area (Å²) in [6, 6.07) is 0. The summed E-state index contributed by atoms with van der Waals surface area (Å²) in [5.74, 6) is -1.40. The van der Waals surface area contributed by atoms with E-state index in [1.54, 1.807) is 0 Å². The zero-order valence-corrected chi connectivity index (χ0v) is 8.08. The Hall–Kier alpha value is -1.06. The van der Waals surface area contributed by atoms with Crippen LogP contribution in [0.2, 0.25) is 0 Å². The van der Waals surface area contributed by atoms with Crippen LogP contribution in [0.25, 0.3) is 0 Å². The molecule has 0 aromatic carbocycles. The predicted molar refractivity (Wildman–Crippen MR) is 47.3 cm³/mol. The van der Waals surface area contributed by atoms with Crippen molar-refractivity contribution in [3.05, 3.63) is 0 Å². The number of hydrogen-bond donors (Lipinski definition) is 1. The maximum Gasteiger partial charge on any atom is 0.306 e. The van der Waals surface area contributed by atoms with Crippen molar-refractivity contribution >= 4 is 11.9 Å². The lowest BCUT2D eigenvalue weighted by Gasteiger charge is -2.11. The largest absolute Gasteiger partial charge is 0.481 e. The second-order valence-corrected chi connectivity index (χ2v) is 2.98. The zero-order chi connectivity index (χ0) is 10.3. The van der Waals surface area contributed by atoms with Gasteiger partial charge in [0.25, 0.3) is 0 Å². The van der Waals surface area contributed by atoms with Gasteiger partial charge >= 0.3 is 11.9 Å². The lowest BCUT2D eigenvalue weighted by molar-refractivity contribution is -0.151. The molecule has 1 atom stereocenters. The maximum atomic E-state index is 10.9. The summed E-state index contributed by atoms with van der Waals surface area (Å²) in [5, 5.41) is 8.29. The van der Waals surface area contributed by atoms with Crippen molar-refractivity contribution in [2.24, 2.45) is 0 Å². The molecule has 0 fully saturated rings. The lowest BCUT2D eigenvalue weighted by atomic mass is 10.2. The molecule has 76 valence electrons. The molecule has 0 spiro atoms. The fourth-order valence-electron chi connectivity index (χ4n) is 0.958. The zero-order valence-electron chi connectivity index (χ0n) is 8.08. The van der Waals surface area contributed by atoms with Gasteiger partial charge in [0, 0.05) is 0 Å². The topological polar surface area (TPSA) is 63.6 Å². The summed E-state index contributed by atoms with van der Waals surface area (Å²) in [5.41, 5.74) is 0. The van der Waals surface area contributed by atoms with Gasteiger partial charge < -0.3 is 9.84 Å². The van der Waals surface area contributed by atoms with E-state index in [0.29, 0.717) is 0 Å². The molecule has 0 aliphatic carbocycles. The number of esters is 1. The van der Waals surface area contributed by atoms with E-state index in [-0.39, 0.29) is 18.9 Å². The molecule has 0 amide bonds. The Morgan fingerprint density at radius 1 is 1.38 bits per heavy atom. The molecule has 0 aromatic heterocycles. The van der Waals surface area contributed by atoms with Crippen molar-refractivity contribution < 1.29 is 19.4 Å². The van der Waals surface area contributed by atoms with Crippen LogP contribution in [0.3, 0.4) is 0 Å². The van der Waals surface area contributed by atoms with E-state index in [1.165, 1.54) is 0 Å². The van der Waals surface area contributed by atoms with E-state index in [2.05, 4.69) is 0 Å². The van der Waals surface area contributed by atoms with Crippen LogP contribution in [0.4, 0.5) is 0 Å². The Kier molecular flexibility index (Phi) is 5.93. The van der Waals surface area contributed by atoms with Gasteiger partial charge in [-0.1, -0.05) is 13.3 Å². The summed E-state index contributed by atoms with van der Waals surface area (Å²) in [6.45, 7) is 3.81. The van der Waals surface area contributed by atoms with Crippen molar-refractivity contribution in [1.82, 2.24) is 0 Å². The minimum atomic E-state index is -0.972. The third-order valence-corrected chi connectivity index (χ3v) is 1.57. The molecule has 0 radical (unpaired) electrons. The van der Waals surface area contributed by atoms with Crippen LogP contribution in [-0.2, 0) is 14.3 Å². The summed E-state index contributed by atoms with van der Waals surface area (Å²) < 4.78 is 4.94. The van der Waals surface area contributed by atoms with Gasteiger partial charge in [0.15, 0.2) is 0 Å². The van der Waals surface area contributed by atoms with Gasteiger partial charge in [0.2, 0.25) is 0 Å². The highest BCUT2D eigenvalue weighted by Crippen LogP contribution is 2.03. The number of ether oxygens (including phenoxy) is 1. The van der Waals surface area contributed by atoms with Crippen LogP contribution in [0.1, 0.15) is 39.5 Å². The maximum absolute atomic E-state index is 10.9. The summed E-state index contributed by atoms with van der Waals surface area (Å²) in [7, 11) is 0. The predicted octanol–water partition coefficient (Wildman–Crippen LogP) is 1.58. The van der Waals surface area contributed by atoms with Gasteiger partial charge in [-0.05, 0) is 13.3 Å². The fourth-order valence-corrected chi connectivity index (χ4v) is 0.958. The van der Waals surface area contributed by atoms with E-state index in [1.807, 2.05) is 13.8 Å². The first-order valence-electron chi connectivity index (χ1n) is 4.47. The summed E-state index contributed by atoms with van der Waals surface area (Å²) in [6.07, 6.45) is 1.47. The molecule has 4 heteroatoms. The molecule has 0 aromatic rings. The Bertz CT molecular complexity index is 176. The van der Waals surface area contributed by atoms with Gasteiger partial charge in [0.05, 0.1) is 18.9 Å². The van der Waals surface area contributed by atoms with Crippen LogP contribution in [0.5, 0.6) is 0 Å². The average Bonchev–Trinajstić information content (AvgIpc) is 2.01. The number of carbonyl (C=O) groups is 2. The molecular formula is C9H16O4. The standard InChI is InChI=1S/C9H16O4/c1-3-4-7(2)13-9(12)6-5-8(10)11/h7H,3-6H2,1-2H3,(H,10,11). The minimum absolute atomic E-state index is 0.0383. The number of aliphatic carboxylic acids is 1. The van der Waals surface area contributed by atoms with E-state index in [9.17, 15) is 9.59 Å². The Balaban J connectivity index is 3.55. The van der Waals surface area contributed by atoms with E-state index < -0.39 is 11.9 Å². The van der Waals surface area contributed by atoms with E-state index >= 15 is 0 Å². The van der Waals surface area contributed by atoms with Crippen LogP contribution >= 0.6 is 0 Å². The average molecular weight is 188 g/mol. The Morgan fingerprint density at radius 2 is 2.00 bits per heavy atom. The van der Waals surface area contributed by atoms with Crippen molar-refractivity contribution in [1.29, 1.82) is 0 Å². The molecular weight excluding hydrogens is 172 g/mol. The highest BCUT2D eigenvalue weighted by molar-refractivity contribution is 5.76. The highest BCUT2D eigenvalue weighted by Gasteiger charge is 2.09. The van der Waals surface area contributed by atoms with E-state index in [4.69, 9.17) is 9.84 Å². The molecule has 0 saturated carbocycles. The van der Waals surface area contributed by atoms with Crippen LogP contribution in [0.15, 0.2) is 0 Å². The van der Waals surface area contributed by atoms with Crippen molar-refractivity contribution in [3.8, 4) is 0 Å². The minimum Gasteiger partial charge on any atom is -0.481 e. The van der Waals surface area contributed by atoms with Crippen LogP contribution < -0.4 is 0 Å². The van der Waals surface area contributed by atoms with Gasteiger partial charge in [-0.2, -0.15) is 0 Å². The Labute approximate surface area is 77.9 Å². The second kappa shape index (κ2) is 6.46. The molecule has 0 saturated heterocycles. The van der Waals surface area contributed by atoms with Gasteiger partial charge in [0.1, 0.15) is 0 Å². The van der Waals surface area contributed by atoms with Crippen molar-refractivity contribution in [2.45, 2.75) is 45.6 Å². The number of carboxylic acids is 1. The van der Waals surface area contributed by atoms with Crippen molar-refractivity contribution in [2.75, 3.05) is 0 Å². The molecule has 1 N–H and O–H groups in total. The molecule has 0 aliphatic heterocycles. The third-order valence-electron chi connectivity index (χ3n) is 1.57.